The molecular weight excluding hydrogens is 150 g/mol. The van der Waals surface area contributed by atoms with Gasteiger partial charge in [0.2, 0.25) is 5.91 Å². The van der Waals surface area contributed by atoms with E-state index in [0.29, 0.717) is 0 Å². The fourth-order valence-corrected chi connectivity index (χ4v) is 0.761. The highest BCUT2D eigenvalue weighted by atomic mass is 16.1. The smallest absolute Gasteiger partial charge is 0.223 e. The van der Waals surface area contributed by atoms with Crippen LogP contribution in [0.25, 0.3) is 0 Å². The summed E-state index contributed by atoms with van der Waals surface area (Å²) in [6.45, 7) is 5.85. The first-order chi connectivity index (χ1) is 5.65. The average Bonchev–Trinajstić information content (AvgIpc) is 2.12. The van der Waals surface area contributed by atoms with Crippen LogP contribution >= 0.6 is 0 Å². The minimum atomic E-state index is -0.105. The summed E-state index contributed by atoms with van der Waals surface area (Å²) in [7, 11) is 0. The predicted molar refractivity (Wildman–Crippen MR) is 50.5 cm³/mol. The lowest BCUT2D eigenvalue weighted by Crippen LogP contribution is -2.36. The molecule has 0 aliphatic carbocycles. The van der Waals surface area contributed by atoms with Crippen LogP contribution in [0, 0.1) is 18.3 Å². The van der Waals surface area contributed by atoms with Crippen LogP contribution in [-0.4, -0.2) is 11.9 Å². The van der Waals surface area contributed by atoms with Gasteiger partial charge in [-0.3, -0.25) is 4.79 Å². The maximum absolute atomic E-state index is 11.3. The third-order valence-electron chi connectivity index (χ3n) is 1.99. The van der Waals surface area contributed by atoms with E-state index in [1.807, 2.05) is 20.8 Å². The highest BCUT2D eigenvalue weighted by molar-refractivity contribution is 5.78. The van der Waals surface area contributed by atoms with Gasteiger partial charge in [0.25, 0.3) is 0 Å². The van der Waals surface area contributed by atoms with Crippen molar-refractivity contribution >= 4 is 5.91 Å². The van der Waals surface area contributed by atoms with Crippen LogP contribution in [0.1, 0.15) is 33.6 Å². The van der Waals surface area contributed by atoms with Gasteiger partial charge in [0.15, 0.2) is 0 Å². The van der Waals surface area contributed by atoms with Crippen LogP contribution in [0.2, 0.25) is 0 Å². The van der Waals surface area contributed by atoms with Crippen LogP contribution in [0.3, 0.4) is 0 Å². The van der Waals surface area contributed by atoms with E-state index in [9.17, 15) is 4.79 Å². The van der Waals surface area contributed by atoms with Gasteiger partial charge in [0.05, 0.1) is 6.04 Å². The Morgan fingerprint density at radius 3 is 2.42 bits per heavy atom. The Labute approximate surface area is 74.7 Å². The van der Waals surface area contributed by atoms with Gasteiger partial charge in [-0.25, -0.2) is 0 Å². The molecule has 0 saturated carbocycles. The molecule has 1 amide bonds. The molecular formula is C10H17NO. The van der Waals surface area contributed by atoms with Crippen molar-refractivity contribution in [2.45, 2.75) is 39.7 Å². The van der Waals surface area contributed by atoms with Gasteiger partial charge in [-0.1, -0.05) is 26.7 Å². The van der Waals surface area contributed by atoms with E-state index in [4.69, 9.17) is 6.42 Å². The molecule has 0 rings (SSSR count). The van der Waals surface area contributed by atoms with Crippen LogP contribution in [0.5, 0.6) is 0 Å². The molecule has 0 aromatic heterocycles. The molecule has 0 bridgehead atoms. The molecule has 2 heteroatoms. The number of hydrogen-bond donors (Lipinski definition) is 1. The van der Waals surface area contributed by atoms with Crippen molar-refractivity contribution in [3.05, 3.63) is 0 Å². The fourth-order valence-electron chi connectivity index (χ4n) is 0.761. The Kier molecular flexibility index (Phi) is 5.19. The summed E-state index contributed by atoms with van der Waals surface area (Å²) in [5, 5.41) is 2.79. The van der Waals surface area contributed by atoms with E-state index in [1.165, 1.54) is 0 Å². The van der Waals surface area contributed by atoms with E-state index in [0.717, 1.165) is 12.8 Å². The summed E-state index contributed by atoms with van der Waals surface area (Å²) in [6.07, 6.45) is 6.85. The molecule has 1 N–H and O–H groups in total. The zero-order valence-electron chi connectivity index (χ0n) is 8.05. The van der Waals surface area contributed by atoms with Crippen molar-refractivity contribution in [2.75, 3.05) is 0 Å². The Hall–Kier alpha value is -0.970. The first-order valence-corrected chi connectivity index (χ1v) is 4.42. The van der Waals surface area contributed by atoms with Gasteiger partial charge < -0.3 is 5.32 Å². The molecule has 0 saturated heterocycles. The summed E-state index contributed by atoms with van der Waals surface area (Å²) < 4.78 is 0. The summed E-state index contributed by atoms with van der Waals surface area (Å²) in [4.78, 5) is 11.3. The molecule has 0 heterocycles. The number of rotatable bonds is 4. The van der Waals surface area contributed by atoms with Crippen LogP contribution in [0.4, 0.5) is 0 Å². The average molecular weight is 167 g/mol. The lowest BCUT2D eigenvalue weighted by Gasteiger charge is -2.13. The minimum Gasteiger partial charge on any atom is -0.342 e. The topological polar surface area (TPSA) is 29.1 Å². The maximum Gasteiger partial charge on any atom is 0.223 e. The second kappa shape index (κ2) is 5.65. The van der Waals surface area contributed by atoms with E-state index >= 15 is 0 Å². The Morgan fingerprint density at radius 2 is 2.08 bits per heavy atom. The van der Waals surface area contributed by atoms with E-state index in [-0.39, 0.29) is 17.9 Å². The summed E-state index contributed by atoms with van der Waals surface area (Å²) in [6, 6.07) is -0.105. The molecule has 0 aromatic carbocycles. The first kappa shape index (κ1) is 11.0. The second-order valence-electron chi connectivity index (χ2n) is 2.95. The van der Waals surface area contributed by atoms with Gasteiger partial charge in [-0.15, -0.1) is 6.42 Å². The van der Waals surface area contributed by atoms with Gasteiger partial charge in [0, 0.05) is 5.92 Å². The second-order valence-corrected chi connectivity index (χ2v) is 2.95. The van der Waals surface area contributed by atoms with E-state index < -0.39 is 0 Å². The van der Waals surface area contributed by atoms with Crippen molar-refractivity contribution in [3.8, 4) is 12.3 Å². The molecule has 2 unspecified atom stereocenters. The number of terminal acetylenes is 1. The summed E-state index contributed by atoms with van der Waals surface area (Å²) >= 11 is 0. The molecule has 0 spiro atoms. The molecule has 0 fully saturated rings. The van der Waals surface area contributed by atoms with Gasteiger partial charge in [0.1, 0.15) is 0 Å². The van der Waals surface area contributed by atoms with Crippen LogP contribution in [-0.2, 0) is 4.79 Å². The standard InChI is InChI=1S/C10H17NO/c1-5-8(4)10(12)11-9(6-2)7-3/h2,8-9H,5,7H2,1,3-4H3,(H,11,12). The van der Waals surface area contributed by atoms with Crippen LogP contribution in [0.15, 0.2) is 0 Å². The van der Waals surface area contributed by atoms with Crippen molar-refractivity contribution in [3.63, 3.8) is 0 Å². The Balaban J connectivity index is 3.92. The van der Waals surface area contributed by atoms with E-state index in [2.05, 4.69) is 11.2 Å². The zero-order valence-corrected chi connectivity index (χ0v) is 8.05. The molecule has 0 aliphatic rings. The molecule has 0 aromatic rings. The third kappa shape index (κ3) is 3.43. The van der Waals surface area contributed by atoms with Crippen molar-refractivity contribution in [1.82, 2.24) is 5.32 Å². The number of carbonyl (C=O) groups excluding carboxylic acids is 1. The summed E-state index contributed by atoms with van der Waals surface area (Å²) in [5.74, 6) is 2.65. The van der Waals surface area contributed by atoms with Crippen molar-refractivity contribution in [1.29, 1.82) is 0 Å². The number of hydrogen-bond acceptors (Lipinski definition) is 1. The molecule has 2 nitrogen and oxygen atoms in total. The molecule has 0 aliphatic heterocycles. The monoisotopic (exact) mass is 167 g/mol. The molecule has 68 valence electrons. The van der Waals surface area contributed by atoms with Crippen molar-refractivity contribution < 1.29 is 4.79 Å². The summed E-state index contributed by atoms with van der Waals surface area (Å²) in [5.41, 5.74) is 0. The largest absolute Gasteiger partial charge is 0.342 e. The lowest BCUT2D eigenvalue weighted by molar-refractivity contribution is -0.124. The van der Waals surface area contributed by atoms with Gasteiger partial charge >= 0.3 is 0 Å². The SMILES string of the molecule is C#CC(CC)NC(=O)C(C)CC. The molecule has 12 heavy (non-hydrogen) atoms. The Morgan fingerprint density at radius 1 is 1.50 bits per heavy atom. The Bertz CT molecular complexity index is 181. The highest BCUT2D eigenvalue weighted by Gasteiger charge is 2.12. The van der Waals surface area contributed by atoms with Crippen molar-refractivity contribution in [2.24, 2.45) is 5.92 Å². The third-order valence-corrected chi connectivity index (χ3v) is 1.99. The van der Waals surface area contributed by atoms with Crippen LogP contribution < -0.4 is 5.32 Å². The number of amides is 1. The number of carbonyl (C=O) groups is 1. The first-order valence-electron chi connectivity index (χ1n) is 4.42. The van der Waals surface area contributed by atoms with Gasteiger partial charge in [-0.05, 0) is 12.8 Å². The fraction of sp³-hybridized carbons (Fsp3) is 0.700. The molecule has 2 atom stereocenters. The van der Waals surface area contributed by atoms with Gasteiger partial charge in [-0.2, -0.15) is 0 Å². The minimum absolute atomic E-state index is 0.0577. The number of nitrogens with one attached hydrogen (secondary N) is 1. The maximum atomic E-state index is 11.3. The normalized spacial score (nSPS) is 14.5. The lowest BCUT2D eigenvalue weighted by atomic mass is 10.1. The quantitative estimate of drug-likeness (QED) is 0.632. The predicted octanol–water partition coefficient (Wildman–Crippen LogP) is 1.56. The highest BCUT2D eigenvalue weighted by Crippen LogP contribution is 2.01. The van der Waals surface area contributed by atoms with E-state index in [1.54, 1.807) is 0 Å². The zero-order chi connectivity index (χ0) is 9.56. The molecule has 0 radical (unpaired) electrons.